The number of aliphatic hydroxyl groups excluding tert-OH is 2. The number of rotatable bonds is 2. The molecule has 0 aromatic rings. The van der Waals surface area contributed by atoms with Crippen LogP contribution in [0.1, 0.15) is 6.92 Å². The fourth-order valence-electron chi connectivity index (χ4n) is 0.174. The van der Waals surface area contributed by atoms with Crippen LogP contribution in [0.25, 0.3) is 0 Å². The average Bonchev–Trinajstić information content (AvgIpc) is 2.18. The molecule has 5 heteroatoms. The molecule has 0 aliphatic heterocycles. The van der Waals surface area contributed by atoms with Crippen LogP contribution in [0.2, 0.25) is 0 Å². The highest BCUT2D eigenvalue weighted by Gasteiger charge is 1.95. The molecule has 0 saturated heterocycles. The molecule has 0 atom stereocenters. The molecule has 86 valence electrons. The largest absolute Gasteiger partial charge is 0.466 e. The molecular formula is C9H20O5. The molecular weight excluding hydrogens is 188 g/mol. The summed E-state index contributed by atoms with van der Waals surface area (Å²) in [5.74, 6) is -0.347. The fraction of sp³-hybridized carbons (Fsp3) is 0.667. The van der Waals surface area contributed by atoms with Crippen LogP contribution < -0.4 is 0 Å². The maximum Gasteiger partial charge on any atom is 0.332 e. The van der Waals surface area contributed by atoms with E-state index in [2.05, 4.69) is 16.1 Å². The molecule has 0 heterocycles. The Morgan fingerprint density at radius 1 is 1.21 bits per heavy atom. The van der Waals surface area contributed by atoms with E-state index in [1.165, 1.54) is 7.11 Å². The average molecular weight is 208 g/mol. The number of hydrogen-bond donors (Lipinski definition) is 2. The molecule has 0 saturated carbocycles. The van der Waals surface area contributed by atoms with Crippen molar-refractivity contribution in [3.63, 3.8) is 0 Å². The minimum Gasteiger partial charge on any atom is -0.466 e. The van der Waals surface area contributed by atoms with Gasteiger partial charge in [0.1, 0.15) is 0 Å². The third kappa shape index (κ3) is 30.4. The van der Waals surface area contributed by atoms with Crippen molar-refractivity contribution in [1.29, 1.82) is 0 Å². The Morgan fingerprint density at radius 2 is 1.50 bits per heavy atom. The lowest BCUT2D eigenvalue weighted by Crippen LogP contribution is -1.98. The van der Waals surface area contributed by atoms with Gasteiger partial charge in [-0.2, -0.15) is 0 Å². The molecule has 0 aromatic carbocycles. The lowest BCUT2D eigenvalue weighted by molar-refractivity contribution is -0.136. The van der Waals surface area contributed by atoms with Crippen molar-refractivity contribution in [2.24, 2.45) is 0 Å². The Labute approximate surface area is 85.0 Å². The minimum absolute atomic E-state index is 0.125. The highest BCUT2D eigenvalue weighted by molar-refractivity contribution is 5.86. The van der Waals surface area contributed by atoms with E-state index in [1.54, 1.807) is 21.1 Å². The van der Waals surface area contributed by atoms with Crippen molar-refractivity contribution in [3.05, 3.63) is 12.2 Å². The molecule has 14 heavy (non-hydrogen) atoms. The van der Waals surface area contributed by atoms with Gasteiger partial charge in [0, 0.05) is 19.8 Å². The molecule has 0 amide bonds. The summed E-state index contributed by atoms with van der Waals surface area (Å²) >= 11 is 0. The quantitative estimate of drug-likeness (QED) is 0.492. The molecule has 0 rings (SSSR count). The fourth-order valence-corrected chi connectivity index (χ4v) is 0.174. The number of carbonyl (C=O) groups is 1. The Kier molecular flexibility index (Phi) is 24.2. The van der Waals surface area contributed by atoms with E-state index in [9.17, 15) is 4.79 Å². The van der Waals surface area contributed by atoms with E-state index >= 15 is 0 Å². The van der Waals surface area contributed by atoms with Crippen LogP contribution in [0.4, 0.5) is 0 Å². The first-order valence-corrected chi connectivity index (χ1v) is 3.87. The lowest BCUT2D eigenvalue weighted by Gasteiger charge is -1.91. The Hall–Kier alpha value is -0.910. The second kappa shape index (κ2) is 18.0. The summed E-state index contributed by atoms with van der Waals surface area (Å²) < 4.78 is 8.52. The summed E-state index contributed by atoms with van der Waals surface area (Å²) in [6, 6.07) is 0. The van der Waals surface area contributed by atoms with Crippen LogP contribution in [0.3, 0.4) is 0 Å². The van der Waals surface area contributed by atoms with E-state index < -0.39 is 0 Å². The Bertz CT molecular complexity index is 131. The molecule has 0 fully saturated rings. The van der Waals surface area contributed by atoms with Gasteiger partial charge < -0.3 is 19.7 Å². The van der Waals surface area contributed by atoms with Gasteiger partial charge in [-0.1, -0.05) is 6.58 Å². The summed E-state index contributed by atoms with van der Waals surface area (Å²) in [7, 11) is 4.58. The second-order valence-electron chi connectivity index (χ2n) is 2.13. The summed E-state index contributed by atoms with van der Waals surface area (Å²) in [4.78, 5) is 10.2. The predicted molar refractivity (Wildman–Crippen MR) is 53.9 cm³/mol. The number of methoxy groups -OCH3 is 2. The molecule has 2 N–H and O–H groups in total. The molecule has 0 bridgehead atoms. The summed E-state index contributed by atoms with van der Waals surface area (Å²) in [5.41, 5.74) is 0.433. The zero-order valence-corrected chi connectivity index (χ0v) is 9.24. The zero-order valence-electron chi connectivity index (χ0n) is 9.24. The van der Waals surface area contributed by atoms with E-state index in [0.717, 1.165) is 0 Å². The van der Waals surface area contributed by atoms with Gasteiger partial charge in [-0.25, -0.2) is 4.79 Å². The summed E-state index contributed by atoms with van der Waals surface area (Å²) in [6.45, 7) is 4.70. The van der Waals surface area contributed by atoms with Crippen LogP contribution in [0.5, 0.6) is 0 Å². The van der Waals surface area contributed by atoms with Crippen molar-refractivity contribution in [3.8, 4) is 0 Å². The van der Waals surface area contributed by atoms with Gasteiger partial charge in [0.15, 0.2) is 0 Å². The van der Waals surface area contributed by atoms with Gasteiger partial charge in [0.25, 0.3) is 0 Å². The van der Waals surface area contributed by atoms with Crippen LogP contribution >= 0.6 is 0 Å². The van der Waals surface area contributed by atoms with Gasteiger partial charge >= 0.3 is 5.97 Å². The first-order chi connectivity index (χ1) is 6.51. The van der Waals surface area contributed by atoms with Gasteiger partial charge in [-0.15, -0.1) is 0 Å². The number of ether oxygens (including phenoxy) is 2. The van der Waals surface area contributed by atoms with E-state index in [0.29, 0.717) is 5.57 Å². The monoisotopic (exact) mass is 208 g/mol. The Balaban J connectivity index is -0.000000147. The van der Waals surface area contributed by atoms with Crippen LogP contribution in [0, 0.1) is 0 Å². The van der Waals surface area contributed by atoms with Crippen molar-refractivity contribution in [2.75, 3.05) is 34.5 Å². The number of hydrogen-bond acceptors (Lipinski definition) is 5. The van der Waals surface area contributed by atoms with Crippen molar-refractivity contribution < 1.29 is 24.5 Å². The predicted octanol–water partition coefficient (Wildman–Crippen LogP) is -0.0309. The third-order valence-corrected chi connectivity index (χ3v) is 0.634. The van der Waals surface area contributed by atoms with E-state index in [1.807, 2.05) is 0 Å². The van der Waals surface area contributed by atoms with E-state index in [-0.39, 0.29) is 19.2 Å². The maximum absolute atomic E-state index is 10.2. The van der Waals surface area contributed by atoms with Crippen LogP contribution in [-0.2, 0) is 14.3 Å². The molecule has 0 aromatic heterocycles. The normalized spacial score (nSPS) is 7.29. The van der Waals surface area contributed by atoms with E-state index in [4.69, 9.17) is 10.2 Å². The number of carbonyl (C=O) groups excluding carboxylic acids is 1. The highest BCUT2D eigenvalue weighted by Crippen LogP contribution is 1.87. The summed E-state index contributed by atoms with van der Waals surface area (Å²) in [5, 5.41) is 15.2. The topological polar surface area (TPSA) is 76.0 Å². The zero-order chi connectivity index (χ0) is 12.0. The molecule has 0 radical (unpaired) electrons. The smallest absolute Gasteiger partial charge is 0.332 e. The standard InChI is InChI=1S/C5H8O2.C2H6O2.C2H6O/c1-4(2)5(6)7-3;3-1-2-4;1-3-2/h1H2,2-3H3;3-4H,1-2H2;1-2H3. The van der Waals surface area contributed by atoms with Gasteiger partial charge in [0.2, 0.25) is 0 Å². The maximum atomic E-state index is 10.2. The van der Waals surface area contributed by atoms with Gasteiger partial charge in [-0.3, -0.25) is 0 Å². The third-order valence-electron chi connectivity index (χ3n) is 0.634. The number of aliphatic hydroxyl groups is 2. The highest BCUT2D eigenvalue weighted by atomic mass is 16.5. The van der Waals surface area contributed by atoms with Crippen molar-refractivity contribution in [1.82, 2.24) is 0 Å². The number of esters is 1. The van der Waals surface area contributed by atoms with Crippen LogP contribution in [0.15, 0.2) is 12.2 Å². The first kappa shape index (κ1) is 18.8. The SMILES string of the molecule is C=C(C)C(=O)OC.COC.OCCO. The molecule has 0 aliphatic rings. The second-order valence-corrected chi connectivity index (χ2v) is 2.13. The first-order valence-electron chi connectivity index (χ1n) is 3.87. The van der Waals surface area contributed by atoms with Crippen molar-refractivity contribution >= 4 is 5.97 Å². The lowest BCUT2D eigenvalue weighted by atomic mass is 10.4. The molecule has 0 unspecified atom stereocenters. The van der Waals surface area contributed by atoms with Crippen LogP contribution in [-0.4, -0.2) is 50.7 Å². The molecule has 5 nitrogen and oxygen atoms in total. The molecule has 0 spiro atoms. The molecule has 0 aliphatic carbocycles. The van der Waals surface area contributed by atoms with Gasteiger partial charge in [-0.05, 0) is 6.92 Å². The minimum atomic E-state index is -0.347. The van der Waals surface area contributed by atoms with Crippen molar-refractivity contribution in [2.45, 2.75) is 6.92 Å². The van der Waals surface area contributed by atoms with Gasteiger partial charge in [0.05, 0.1) is 20.3 Å². The summed E-state index contributed by atoms with van der Waals surface area (Å²) in [6.07, 6.45) is 0. The Morgan fingerprint density at radius 3 is 1.50 bits per heavy atom.